The predicted octanol–water partition coefficient (Wildman–Crippen LogP) is 2.25. The van der Waals surface area contributed by atoms with Crippen LogP contribution in [0.1, 0.15) is 0 Å². The minimum Gasteiger partial charge on any atom is -0.507 e. The number of nitrogens with zero attached hydrogens (tertiary/aromatic N) is 1. The van der Waals surface area contributed by atoms with Crippen LogP contribution in [0.3, 0.4) is 0 Å². The van der Waals surface area contributed by atoms with Crippen LogP contribution in [0.2, 0.25) is 0 Å². The Morgan fingerprint density at radius 1 is 1.37 bits per heavy atom. The average Bonchev–Trinajstić information content (AvgIpc) is 2.81. The summed E-state index contributed by atoms with van der Waals surface area (Å²) >= 11 is 0. The van der Waals surface area contributed by atoms with Crippen molar-refractivity contribution in [3.8, 4) is 22.6 Å². The summed E-state index contributed by atoms with van der Waals surface area (Å²) in [7, 11) is 0. The van der Waals surface area contributed by atoms with Crippen LogP contribution in [-0.4, -0.2) is 27.4 Å². The van der Waals surface area contributed by atoms with Gasteiger partial charge in [-0.25, -0.2) is 4.79 Å². The molecule has 0 saturated carbocycles. The van der Waals surface area contributed by atoms with Crippen LogP contribution in [0.5, 0.6) is 11.5 Å². The van der Waals surface area contributed by atoms with Crippen LogP contribution in [0.15, 0.2) is 30.6 Å². The molecule has 0 atom stereocenters. The van der Waals surface area contributed by atoms with Gasteiger partial charge in [0.15, 0.2) is 0 Å². The third-order valence-corrected chi connectivity index (χ3v) is 2.23. The second-order valence-corrected chi connectivity index (χ2v) is 3.52. The largest absolute Gasteiger partial charge is 0.507 e. The zero-order valence-corrected chi connectivity index (χ0v) is 9.23. The number of esters is 1. The lowest BCUT2D eigenvalue weighted by Crippen LogP contribution is -2.28. The van der Waals surface area contributed by atoms with E-state index in [1.807, 2.05) is 0 Å². The average molecular weight is 272 g/mol. The number of nitrogens with one attached hydrogen (secondary N) is 1. The van der Waals surface area contributed by atoms with Gasteiger partial charge < -0.3 is 9.84 Å². The number of aromatic nitrogens is 2. The Kier molecular flexibility index (Phi) is 3.16. The van der Waals surface area contributed by atoms with Gasteiger partial charge >= 0.3 is 12.1 Å². The fraction of sp³-hybridized carbons (Fsp3) is 0.0909. The normalized spacial score (nSPS) is 11.3. The molecule has 1 aromatic carbocycles. The van der Waals surface area contributed by atoms with Gasteiger partial charge in [0.25, 0.3) is 0 Å². The van der Waals surface area contributed by atoms with Crippen LogP contribution in [0, 0.1) is 0 Å². The zero-order valence-electron chi connectivity index (χ0n) is 9.23. The molecule has 5 nitrogen and oxygen atoms in total. The van der Waals surface area contributed by atoms with E-state index in [9.17, 15) is 23.1 Å². The van der Waals surface area contributed by atoms with Gasteiger partial charge in [-0.15, -0.1) is 0 Å². The van der Waals surface area contributed by atoms with E-state index in [2.05, 4.69) is 14.9 Å². The van der Waals surface area contributed by atoms with Gasteiger partial charge in [-0.3, -0.25) is 5.10 Å². The predicted molar refractivity (Wildman–Crippen MR) is 57.4 cm³/mol. The van der Waals surface area contributed by atoms with Crippen molar-refractivity contribution in [2.24, 2.45) is 0 Å². The molecule has 0 aliphatic rings. The van der Waals surface area contributed by atoms with E-state index in [1.54, 1.807) is 0 Å². The number of benzene rings is 1. The summed E-state index contributed by atoms with van der Waals surface area (Å²) in [4.78, 5) is 10.8. The molecule has 100 valence electrons. The quantitative estimate of drug-likeness (QED) is 0.649. The molecule has 0 saturated heterocycles. The highest BCUT2D eigenvalue weighted by Crippen LogP contribution is 2.37. The molecule has 0 bridgehead atoms. The SMILES string of the molecule is O=C(Oc1cccc(O)c1-c1cn[nH]c1)C(F)(F)F. The molecule has 2 rings (SSSR count). The van der Waals surface area contributed by atoms with E-state index in [4.69, 9.17) is 0 Å². The summed E-state index contributed by atoms with van der Waals surface area (Å²) in [5.74, 6) is -3.08. The second kappa shape index (κ2) is 4.63. The molecule has 1 heterocycles. The standard InChI is InChI=1S/C11H7F3N2O3/c12-11(13,14)10(18)19-8-3-1-2-7(17)9(8)6-4-15-16-5-6/h1-5,17H,(H,15,16). The summed E-state index contributed by atoms with van der Waals surface area (Å²) in [6.07, 6.45) is -2.49. The maximum Gasteiger partial charge on any atom is 0.491 e. The molecule has 0 unspecified atom stereocenters. The van der Waals surface area contributed by atoms with Crippen molar-refractivity contribution >= 4 is 5.97 Å². The van der Waals surface area contributed by atoms with Crippen LogP contribution in [-0.2, 0) is 4.79 Å². The Bertz CT molecular complexity index is 594. The molecule has 2 N–H and O–H groups in total. The fourth-order valence-corrected chi connectivity index (χ4v) is 1.44. The van der Waals surface area contributed by atoms with E-state index >= 15 is 0 Å². The molecular weight excluding hydrogens is 265 g/mol. The first-order valence-corrected chi connectivity index (χ1v) is 4.99. The lowest BCUT2D eigenvalue weighted by molar-refractivity contribution is -0.189. The molecule has 0 amide bonds. The molecule has 19 heavy (non-hydrogen) atoms. The number of ether oxygens (including phenoxy) is 1. The summed E-state index contributed by atoms with van der Waals surface area (Å²) < 4.78 is 40.7. The number of carbonyl (C=O) groups is 1. The third-order valence-electron chi connectivity index (χ3n) is 2.23. The molecule has 0 aliphatic heterocycles. The Morgan fingerprint density at radius 2 is 2.11 bits per heavy atom. The smallest absolute Gasteiger partial charge is 0.491 e. The first-order valence-electron chi connectivity index (χ1n) is 4.99. The number of carbonyl (C=O) groups excluding carboxylic acids is 1. The van der Waals surface area contributed by atoms with Crippen molar-refractivity contribution in [2.45, 2.75) is 6.18 Å². The highest BCUT2D eigenvalue weighted by molar-refractivity contribution is 5.83. The van der Waals surface area contributed by atoms with E-state index in [1.165, 1.54) is 24.5 Å². The van der Waals surface area contributed by atoms with E-state index in [0.29, 0.717) is 5.56 Å². The number of alkyl halides is 3. The summed E-state index contributed by atoms with van der Waals surface area (Å²) in [5.41, 5.74) is 0.247. The van der Waals surface area contributed by atoms with Gasteiger partial charge in [0.05, 0.1) is 11.8 Å². The number of hydrogen-bond donors (Lipinski definition) is 2. The number of aromatic amines is 1. The monoisotopic (exact) mass is 272 g/mol. The molecule has 2 aromatic rings. The van der Waals surface area contributed by atoms with E-state index < -0.39 is 17.9 Å². The Labute approximate surface area is 104 Å². The summed E-state index contributed by atoms with van der Waals surface area (Å²) in [6.45, 7) is 0. The molecule has 0 radical (unpaired) electrons. The zero-order chi connectivity index (χ0) is 14.0. The minimum atomic E-state index is -5.11. The van der Waals surface area contributed by atoms with E-state index in [0.717, 1.165) is 6.07 Å². The Morgan fingerprint density at radius 3 is 2.68 bits per heavy atom. The maximum atomic E-state index is 12.2. The first-order chi connectivity index (χ1) is 8.89. The van der Waals surface area contributed by atoms with Crippen molar-refractivity contribution in [3.05, 3.63) is 30.6 Å². The molecule has 0 fully saturated rings. The molecule has 1 aromatic heterocycles. The Balaban J connectivity index is 2.42. The number of aromatic hydroxyl groups is 1. The lowest BCUT2D eigenvalue weighted by Gasteiger charge is -2.11. The van der Waals surface area contributed by atoms with Gasteiger partial charge in [0.1, 0.15) is 11.5 Å². The highest BCUT2D eigenvalue weighted by atomic mass is 19.4. The lowest BCUT2D eigenvalue weighted by atomic mass is 10.1. The van der Waals surface area contributed by atoms with Gasteiger partial charge in [-0.1, -0.05) is 6.07 Å². The second-order valence-electron chi connectivity index (χ2n) is 3.52. The topological polar surface area (TPSA) is 75.2 Å². The number of hydrogen-bond acceptors (Lipinski definition) is 4. The number of phenols is 1. The maximum absolute atomic E-state index is 12.2. The van der Waals surface area contributed by atoms with Crippen molar-refractivity contribution in [2.75, 3.05) is 0 Å². The number of halogens is 3. The van der Waals surface area contributed by atoms with E-state index in [-0.39, 0.29) is 11.3 Å². The molecular formula is C11H7F3N2O3. The van der Waals surface area contributed by atoms with Crippen molar-refractivity contribution < 1.29 is 27.8 Å². The third kappa shape index (κ3) is 2.67. The summed E-state index contributed by atoms with van der Waals surface area (Å²) in [5, 5.41) is 15.7. The molecule has 0 spiro atoms. The van der Waals surface area contributed by atoms with Crippen LogP contribution < -0.4 is 4.74 Å². The minimum absolute atomic E-state index is 0.0474. The van der Waals surface area contributed by atoms with Gasteiger partial charge in [-0.05, 0) is 12.1 Å². The van der Waals surface area contributed by atoms with Crippen LogP contribution in [0.4, 0.5) is 13.2 Å². The van der Waals surface area contributed by atoms with Crippen molar-refractivity contribution in [1.29, 1.82) is 0 Å². The number of phenolic OH excluding ortho intramolecular Hbond substituents is 1. The fourth-order valence-electron chi connectivity index (χ4n) is 1.44. The first kappa shape index (κ1) is 12.9. The van der Waals surface area contributed by atoms with Gasteiger partial charge in [0.2, 0.25) is 0 Å². The molecule has 8 heteroatoms. The Hall–Kier alpha value is -2.51. The highest BCUT2D eigenvalue weighted by Gasteiger charge is 2.41. The van der Waals surface area contributed by atoms with Crippen LogP contribution >= 0.6 is 0 Å². The summed E-state index contributed by atoms with van der Waals surface area (Å²) in [6, 6.07) is 3.66. The van der Waals surface area contributed by atoms with Crippen molar-refractivity contribution in [3.63, 3.8) is 0 Å². The number of H-pyrrole nitrogens is 1. The van der Waals surface area contributed by atoms with Gasteiger partial charge in [0, 0.05) is 11.8 Å². The van der Waals surface area contributed by atoms with Crippen LogP contribution in [0.25, 0.3) is 11.1 Å². The number of rotatable bonds is 2. The molecule has 0 aliphatic carbocycles. The van der Waals surface area contributed by atoms with Crippen molar-refractivity contribution in [1.82, 2.24) is 10.2 Å². The van der Waals surface area contributed by atoms with Gasteiger partial charge in [-0.2, -0.15) is 18.3 Å².